The number of esters is 1. The predicted molar refractivity (Wildman–Crippen MR) is 102 cm³/mol. The number of ether oxygens (including phenoxy) is 1. The largest absolute Gasteiger partial charge is 0.461 e. The molecule has 0 unspecified atom stereocenters. The van der Waals surface area contributed by atoms with Crippen LogP contribution in [0.25, 0.3) is 0 Å². The average molecular weight is 383 g/mol. The van der Waals surface area contributed by atoms with Crippen molar-refractivity contribution in [2.45, 2.75) is 26.0 Å². The Labute approximate surface area is 162 Å². The van der Waals surface area contributed by atoms with E-state index in [4.69, 9.17) is 10.5 Å². The van der Waals surface area contributed by atoms with Crippen LogP contribution in [0.4, 0.5) is 5.69 Å². The van der Waals surface area contributed by atoms with Crippen LogP contribution in [0.1, 0.15) is 29.3 Å². The number of carbonyl (C=O) groups excluding carboxylic acids is 4. The number of primary amides is 1. The highest BCUT2D eigenvalue weighted by molar-refractivity contribution is 5.99. The van der Waals surface area contributed by atoms with E-state index in [0.717, 1.165) is 5.56 Å². The van der Waals surface area contributed by atoms with Crippen molar-refractivity contribution in [2.75, 3.05) is 5.32 Å². The van der Waals surface area contributed by atoms with Crippen LogP contribution in [0.5, 0.6) is 0 Å². The summed E-state index contributed by atoms with van der Waals surface area (Å²) in [4.78, 5) is 46.9. The van der Waals surface area contributed by atoms with Gasteiger partial charge < -0.3 is 21.1 Å². The van der Waals surface area contributed by atoms with Crippen LogP contribution in [-0.2, 0) is 25.7 Å². The lowest BCUT2D eigenvalue weighted by Crippen LogP contribution is -2.45. The Morgan fingerprint density at radius 1 is 1.00 bits per heavy atom. The molecule has 3 amide bonds. The van der Waals surface area contributed by atoms with Gasteiger partial charge in [0.15, 0.2) is 0 Å². The molecule has 0 saturated heterocycles. The smallest absolute Gasteiger partial charge is 0.308 e. The van der Waals surface area contributed by atoms with Crippen molar-refractivity contribution in [3.8, 4) is 0 Å². The fourth-order valence-corrected chi connectivity index (χ4v) is 2.34. The van der Waals surface area contributed by atoms with Gasteiger partial charge >= 0.3 is 5.97 Å². The molecule has 0 saturated carbocycles. The van der Waals surface area contributed by atoms with Gasteiger partial charge in [0, 0.05) is 18.2 Å². The van der Waals surface area contributed by atoms with E-state index < -0.39 is 23.8 Å². The molecule has 0 bridgehead atoms. The van der Waals surface area contributed by atoms with Gasteiger partial charge in [0.1, 0.15) is 12.6 Å². The second kappa shape index (κ2) is 9.86. The number of anilines is 1. The lowest BCUT2D eigenvalue weighted by Gasteiger charge is -2.15. The quantitative estimate of drug-likeness (QED) is 0.593. The maximum absolute atomic E-state index is 12.3. The number of nitrogens with one attached hydrogen (secondary N) is 2. The zero-order valence-electron chi connectivity index (χ0n) is 15.3. The van der Waals surface area contributed by atoms with Crippen molar-refractivity contribution in [3.63, 3.8) is 0 Å². The molecule has 0 aromatic heterocycles. The first-order valence-electron chi connectivity index (χ1n) is 8.52. The van der Waals surface area contributed by atoms with Gasteiger partial charge in [-0.3, -0.25) is 19.2 Å². The van der Waals surface area contributed by atoms with Crippen molar-refractivity contribution in [1.82, 2.24) is 5.32 Å². The zero-order chi connectivity index (χ0) is 20.5. The molecule has 0 aliphatic heterocycles. The molecule has 2 aromatic carbocycles. The summed E-state index contributed by atoms with van der Waals surface area (Å²) >= 11 is 0. The summed E-state index contributed by atoms with van der Waals surface area (Å²) in [6.45, 7) is 1.43. The molecule has 8 nitrogen and oxygen atoms in total. The average Bonchev–Trinajstić information content (AvgIpc) is 2.66. The van der Waals surface area contributed by atoms with Crippen LogP contribution in [0, 0.1) is 0 Å². The molecular formula is C20H21N3O5. The monoisotopic (exact) mass is 383 g/mol. The van der Waals surface area contributed by atoms with Gasteiger partial charge in [-0.15, -0.1) is 0 Å². The summed E-state index contributed by atoms with van der Waals surface area (Å²) in [5.41, 5.74) is 6.87. The van der Waals surface area contributed by atoms with Gasteiger partial charge in [-0.05, 0) is 29.8 Å². The highest BCUT2D eigenvalue weighted by Crippen LogP contribution is 2.10. The van der Waals surface area contributed by atoms with E-state index in [9.17, 15) is 19.2 Å². The molecule has 0 spiro atoms. The molecule has 1 atom stereocenters. The Morgan fingerprint density at radius 2 is 1.64 bits per heavy atom. The van der Waals surface area contributed by atoms with E-state index in [1.807, 2.05) is 18.2 Å². The molecule has 2 rings (SSSR count). The van der Waals surface area contributed by atoms with Crippen molar-refractivity contribution in [2.24, 2.45) is 5.73 Å². The summed E-state index contributed by atoms with van der Waals surface area (Å²) in [6, 6.07) is 13.9. The normalized spacial score (nSPS) is 11.2. The number of nitrogens with two attached hydrogens (primary N) is 1. The number of carbonyl (C=O) groups is 4. The second-order valence-corrected chi connectivity index (χ2v) is 6.04. The Kier molecular flexibility index (Phi) is 7.27. The van der Waals surface area contributed by atoms with Crippen molar-refractivity contribution in [3.05, 3.63) is 65.7 Å². The van der Waals surface area contributed by atoms with E-state index in [-0.39, 0.29) is 24.5 Å². The maximum Gasteiger partial charge on any atom is 0.308 e. The van der Waals surface area contributed by atoms with E-state index in [1.54, 1.807) is 24.3 Å². The van der Waals surface area contributed by atoms with E-state index in [0.29, 0.717) is 5.69 Å². The molecule has 0 aliphatic carbocycles. The molecule has 0 aliphatic rings. The predicted octanol–water partition coefficient (Wildman–Crippen LogP) is 1.36. The van der Waals surface area contributed by atoms with Crippen LogP contribution >= 0.6 is 0 Å². The molecule has 146 valence electrons. The summed E-state index contributed by atoms with van der Waals surface area (Å²) in [5.74, 6) is -2.32. The third-order valence-corrected chi connectivity index (χ3v) is 3.73. The van der Waals surface area contributed by atoms with Gasteiger partial charge in [0.2, 0.25) is 11.8 Å². The fraction of sp³-hybridized carbons (Fsp3) is 0.200. The minimum atomic E-state index is -1.20. The highest BCUT2D eigenvalue weighted by Gasteiger charge is 2.23. The number of amides is 3. The molecule has 2 aromatic rings. The Morgan fingerprint density at radius 3 is 2.21 bits per heavy atom. The first-order valence-corrected chi connectivity index (χ1v) is 8.52. The van der Waals surface area contributed by atoms with E-state index in [2.05, 4.69) is 10.6 Å². The van der Waals surface area contributed by atoms with Gasteiger partial charge in [-0.2, -0.15) is 0 Å². The third kappa shape index (κ3) is 6.56. The molecule has 28 heavy (non-hydrogen) atoms. The van der Waals surface area contributed by atoms with Gasteiger partial charge in [-0.25, -0.2) is 0 Å². The maximum atomic E-state index is 12.3. The van der Waals surface area contributed by atoms with Crippen LogP contribution in [0.2, 0.25) is 0 Å². The third-order valence-electron chi connectivity index (χ3n) is 3.73. The SMILES string of the molecule is CC(=O)Nc1ccc(C(=O)N[C@H](CC(=O)OCc2ccccc2)C(N)=O)cc1. The van der Waals surface area contributed by atoms with Gasteiger partial charge in [-0.1, -0.05) is 30.3 Å². The summed E-state index contributed by atoms with van der Waals surface area (Å²) in [6.07, 6.45) is -0.377. The van der Waals surface area contributed by atoms with Crippen molar-refractivity contribution < 1.29 is 23.9 Å². The van der Waals surface area contributed by atoms with Crippen LogP contribution in [0.15, 0.2) is 54.6 Å². The minimum Gasteiger partial charge on any atom is -0.461 e. The number of benzene rings is 2. The number of rotatable bonds is 8. The summed E-state index contributed by atoms with van der Waals surface area (Å²) in [7, 11) is 0. The minimum absolute atomic E-state index is 0.0592. The van der Waals surface area contributed by atoms with Crippen molar-refractivity contribution in [1.29, 1.82) is 0 Å². The van der Waals surface area contributed by atoms with Gasteiger partial charge in [0.25, 0.3) is 5.91 Å². The molecular weight excluding hydrogens is 362 g/mol. The summed E-state index contributed by atoms with van der Waals surface area (Å²) in [5, 5.41) is 5.00. The lowest BCUT2D eigenvalue weighted by atomic mass is 10.1. The van der Waals surface area contributed by atoms with Gasteiger partial charge in [0.05, 0.1) is 6.42 Å². The van der Waals surface area contributed by atoms with Crippen LogP contribution in [-0.4, -0.2) is 29.7 Å². The first-order chi connectivity index (χ1) is 13.3. The molecule has 0 fully saturated rings. The number of hydrogen-bond donors (Lipinski definition) is 3. The topological polar surface area (TPSA) is 128 Å². The highest BCUT2D eigenvalue weighted by atomic mass is 16.5. The molecule has 4 N–H and O–H groups in total. The fourth-order valence-electron chi connectivity index (χ4n) is 2.34. The number of hydrogen-bond acceptors (Lipinski definition) is 5. The van der Waals surface area contributed by atoms with E-state index >= 15 is 0 Å². The lowest BCUT2D eigenvalue weighted by molar-refractivity contribution is -0.146. The Hall–Kier alpha value is -3.68. The van der Waals surface area contributed by atoms with Crippen LogP contribution < -0.4 is 16.4 Å². The summed E-state index contributed by atoms with van der Waals surface area (Å²) < 4.78 is 5.11. The zero-order valence-corrected chi connectivity index (χ0v) is 15.3. The molecule has 0 heterocycles. The van der Waals surface area contributed by atoms with Crippen molar-refractivity contribution >= 4 is 29.4 Å². The standard InChI is InChI=1S/C20H21N3O5/c1-13(24)22-16-9-7-15(8-10-16)20(27)23-17(19(21)26)11-18(25)28-12-14-5-3-2-4-6-14/h2-10,17H,11-12H2,1H3,(H2,21,26)(H,22,24)(H,23,27)/t17-/m1/s1. The molecule has 0 radical (unpaired) electrons. The Balaban J connectivity index is 1.92. The molecule has 8 heteroatoms. The van der Waals surface area contributed by atoms with E-state index in [1.165, 1.54) is 19.1 Å². The second-order valence-electron chi connectivity index (χ2n) is 6.04. The first kappa shape index (κ1) is 20.6. The van der Waals surface area contributed by atoms with Crippen LogP contribution in [0.3, 0.4) is 0 Å². The Bertz CT molecular complexity index is 850.